The van der Waals surface area contributed by atoms with E-state index in [0.717, 1.165) is 11.8 Å². The molecular weight excluding hydrogens is 492 g/mol. The lowest BCUT2D eigenvalue weighted by Crippen LogP contribution is -2.13. The Hall–Kier alpha value is -4.08. The average molecular weight is 513 g/mol. The maximum absolute atomic E-state index is 12.5. The molecule has 1 heterocycles. The van der Waals surface area contributed by atoms with E-state index in [0.29, 0.717) is 22.7 Å². The smallest absolute Gasteiger partial charge is 0.343 e. The van der Waals surface area contributed by atoms with Gasteiger partial charge in [0.2, 0.25) is 15.0 Å². The van der Waals surface area contributed by atoms with Gasteiger partial charge in [0, 0.05) is 17.8 Å². The Kier molecular flexibility index (Phi) is 7.95. The summed E-state index contributed by atoms with van der Waals surface area (Å²) in [5.74, 6) is -0.922. The highest BCUT2D eigenvalue weighted by Gasteiger charge is 2.18. The number of rotatable bonds is 8. The first kappa shape index (κ1) is 25.5. The molecule has 2 aromatic carbocycles. The van der Waals surface area contributed by atoms with Gasteiger partial charge in [0.15, 0.2) is 11.5 Å². The standard InChI is InChI=1S/C23H20N4O6S2/c1-4-32-19-12-15(7-10-18(19)33-21(29)16-8-5-14(2)6-9-16)11-17(13-24)20(28)25-22-26-23(27-34-22)35(3,30)31/h5-12H,4H2,1-3H3,(H,25,26,27,28)/b17-11-. The summed E-state index contributed by atoms with van der Waals surface area (Å²) in [5.41, 5.74) is 1.55. The maximum atomic E-state index is 12.5. The molecule has 0 aliphatic rings. The molecule has 35 heavy (non-hydrogen) atoms. The highest BCUT2D eigenvalue weighted by molar-refractivity contribution is 7.90. The number of benzene rings is 2. The minimum absolute atomic E-state index is 0.0649. The number of amides is 1. The second kappa shape index (κ2) is 10.9. The largest absolute Gasteiger partial charge is 0.490 e. The Labute approximate surface area is 205 Å². The number of sulfone groups is 1. The third-order valence-electron chi connectivity index (χ3n) is 4.39. The van der Waals surface area contributed by atoms with Gasteiger partial charge in [0.25, 0.3) is 11.1 Å². The highest BCUT2D eigenvalue weighted by Crippen LogP contribution is 2.30. The third-order valence-corrected chi connectivity index (χ3v) is 5.99. The van der Waals surface area contributed by atoms with Crippen molar-refractivity contribution < 1.29 is 27.5 Å². The number of ether oxygens (including phenoxy) is 2. The summed E-state index contributed by atoms with van der Waals surface area (Å²) >= 11 is 0.677. The van der Waals surface area contributed by atoms with Crippen molar-refractivity contribution in [3.63, 3.8) is 0 Å². The van der Waals surface area contributed by atoms with E-state index in [9.17, 15) is 23.3 Å². The summed E-state index contributed by atoms with van der Waals surface area (Å²) in [4.78, 5) is 28.7. The molecule has 1 aromatic heterocycles. The number of aromatic nitrogens is 2. The van der Waals surface area contributed by atoms with Gasteiger partial charge in [-0.3, -0.25) is 10.1 Å². The van der Waals surface area contributed by atoms with E-state index in [1.807, 2.05) is 6.92 Å². The highest BCUT2D eigenvalue weighted by atomic mass is 32.2. The molecule has 3 rings (SSSR count). The lowest BCUT2D eigenvalue weighted by atomic mass is 10.1. The van der Waals surface area contributed by atoms with Crippen LogP contribution in [0.5, 0.6) is 11.5 Å². The van der Waals surface area contributed by atoms with Crippen molar-refractivity contribution in [1.82, 2.24) is 9.36 Å². The molecule has 12 heteroatoms. The van der Waals surface area contributed by atoms with Crippen LogP contribution < -0.4 is 14.8 Å². The molecule has 180 valence electrons. The van der Waals surface area contributed by atoms with Crippen LogP contribution in [0, 0.1) is 18.3 Å². The fourth-order valence-corrected chi connectivity index (χ4v) is 4.15. The molecule has 0 spiro atoms. The SMILES string of the molecule is CCOc1cc(/C=C(/C#N)C(=O)Nc2nc(S(C)(=O)=O)ns2)ccc1OC(=O)c1ccc(C)cc1. The number of nitrogens with one attached hydrogen (secondary N) is 1. The molecule has 10 nitrogen and oxygen atoms in total. The van der Waals surface area contributed by atoms with Gasteiger partial charge in [-0.05, 0) is 49.8 Å². The second-order valence-corrected chi connectivity index (χ2v) is 9.83. The van der Waals surface area contributed by atoms with Crippen LogP contribution in [0.4, 0.5) is 5.13 Å². The fraction of sp³-hybridized carbons (Fsp3) is 0.174. The number of nitrogens with zero attached hydrogens (tertiary/aromatic N) is 3. The zero-order valence-corrected chi connectivity index (χ0v) is 20.6. The summed E-state index contributed by atoms with van der Waals surface area (Å²) in [6.07, 6.45) is 2.25. The number of nitriles is 1. The van der Waals surface area contributed by atoms with E-state index in [4.69, 9.17) is 9.47 Å². The van der Waals surface area contributed by atoms with Crippen LogP contribution in [0.15, 0.2) is 53.2 Å². The van der Waals surface area contributed by atoms with Gasteiger partial charge < -0.3 is 9.47 Å². The summed E-state index contributed by atoms with van der Waals surface area (Å²) in [6.45, 7) is 3.95. The first-order chi connectivity index (χ1) is 16.6. The predicted molar refractivity (Wildman–Crippen MR) is 129 cm³/mol. The number of esters is 1. The number of carbonyl (C=O) groups excluding carboxylic acids is 2. The topological polar surface area (TPSA) is 148 Å². The van der Waals surface area contributed by atoms with E-state index in [1.54, 1.807) is 43.3 Å². The van der Waals surface area contributed by atoms with Gasteiger partial charge in [-0.15, -0.1) is 0 Å². The second-order valence-electron chi connectivity index (χ2n) is 7.17. The van der Waals surface area contributed by atoms with Gasteiger partial charge >= 0.3 is 5.97 Å². The zero-order chi connectivity index (χ0) is 25.6. The Bertz CT molecular complexity index is 1440. The van der Waals surface area contributed by atoms with Crippen LogP contribution in [0.2, 0.25) is 0 Å². The Morgan fingerprint density at radius 2 is 1.89 bits per heavy atom. The molecule has 3 aromatic rings. The normalized spacial score (nSPS) is 11.4. The van der Waals surface area contributed by atoms with Crippen LogP contribution in [0.3, 0.4) is 0 Å². The van der Waals surface area contributed by atoms with Gasteiger partial charge in [0.05, 0.1) is 12.2 Å². The van der Waals surface area contributed by atoms with E-state index in [-0.39, 0.29) is 28.8 Å². The Balaban J connectivity index is 1.81. The molecule has 0 bridgehead atoms. The molecule has 0 atom stereocenters. The lowest BCUT2D eigenvalue weighted by Gasteiger charge is -2.12. The average Bonchev–Trinajstić information content (AvgIpc) is 3.28. The summed E-state index contributed by atoms with van der Waals surface area (Å²) in [6, 6.07) is 13.3. The minimum Gasteiger partial charge on any atom is -0.490 e. The van der Waals surface area contributed by atoms with Crippen molar-refractivity contribution in [3.05, 3.63) is 64.7 Å². The van der Waals surface area contributed by atoms with Crippen molar-refractivity contribution in [1.29, 1.82) is 5.26 Å². The molecular formula is C23H20N4O6S2. The van der Waals surface area contributed by atoms with Gasteiger partial charge in [-0.1, -0.05) is 23.8 Å². The van der Waals surface area contributed by atoms with Crippen molar-refractivity contribution in [2.45, 2.75) is 19.0 Å². The quantitative estimate of drug-likeness (QED) is 0.207. The summed E-state index contributed by atoms with van der Waals surface area (Å²) in [5, 5.41) is 11.3. The minimum atomic E-state index is -3.63. The van der Waals surface area contributed by atoms with Crippen LogP contribution >= 0.6 is 11.5 Å². The van der Waals surface area contributed by atoms with Crippen molar-refractivity contribution >= 4 is 44.5 Å². The molecule has 0 saturated carbocycles. The van der Waals surface area contributed by atoms with E-state index < -0.39 is 26.9 Å². The van der Waals surface area contributed by atoms with Crippen LogP contribution in [-0.2, 0) is 14.6 Å². The van der Waals surface area contributed by atoms with E-state index in [2.05, 4.69) is 14.7 Å². The van der Waals surface area contributed by atoms with E-state index in [1.165, 1.54) is 18.2 Å². The summed E-state index contributed by atoms with van der Waals surface area (Å²) in [7, 11) is -3.63. The first-order valence-electron chi connectivity index (χ1n) is 10.1. The fourth-order valence-electron chi connectivity index (χ4n) is 2.71. The van der Waals surface area contributed by atoms with Crippen LogP contribution in [0.25, 0.3) is 6.08 Å². The molecule has 1 N–H and O–H groups in total. The molecule has 1 amide bonds. The molecule has 0 unspecified atom stereocenters. The molecule has 0 radical (unpaired) electrons. The predicted octanol–water partition coefficient (Wildman–Crippen LogP) is 3.41. The lowest BCUT2D eigenvalue weighted by molar-refractivity contribution is -0.112. The van der Waals surface area contributed by atoms with Gasteiger partial charge in [-0.25, -0.2) is 13.2 Å². The maximum Gasteiger partial charge on any atom is 0.343 e. The number of anilines is 1. The number of aryl methyl sites for hydroxylation is 1. The van der Waals surface area contributed by atoms with Crippen molar-refractivity contribution in [2.24, 2.45) is 0 Å². The zero-order valence-electron chi connectivity index (χ0n) is 18.9. The number of hydrogen-bond donors (Lipinski definition) is 1. The van der Waals surface area contributed by atoms with Crippen molar-refractivity contribution in [2.75, 3.05) is 18.2 Å². The Morgan fingerprint density at radius 3 is 2.49 bits per heavy atom. The Morgan fingerprint density at radius 1 is 1.17 bits per heavy atom. The monoisotopic (exact) mass is 512 g/mol. The van der Waals surface area contributed by atoms with Gasteiger partial charge in [-0.2, -0.15) is 14.6 Å². The molecule has 0 fully saturated rings. The summed E-state index contributed by atoms with van der Waals surface area (Å²) < 4.78 is 37.7. The first-order valence-corrected chi connectivity index (χ1v) is 12.8. The molecule has 0 saturated heterocycles. The van der Waals surface area contributed by atoms with Crippen LogP contribution in [0.1, 0.15) is 28.4 Å². The molecule has 0 aliphatic heterocycles. The number of carbonyl (C=O) groups is 2. The molecule has 0 aliphatic carbocycles. The van der Waals surface area contributed by atoms with E-state index >= 15 is 0 Å². The van der Waals surface area contributed by atoms with Gasteiger partial charge in [0.1, 0.15) is 11.6 Å². The third kappa shape index (κ3) is 6.72. The van der Waals surface area contributed by atoms with Crippen LogP contribution in [-0.4, -0.2) is 42.5 Å². The van der Waals surface area contributed by atoms with Crippen molar-refractivity contribution in [3.8, 4) is 17.6 Å². The number of hydrogen-bond acceptors (Lipinski definition) is 10.